The van der Waals surface area contributed by atoms with Crippen LogP contribution in [0.1, 0.15) is 62.4 Å². The van der Waals surface area contributed by atoms with E-state index in [9.17, 15) is 5.11 Å². The largest absolute Gasteiger partial charge is 0.389 e. The number of H-pyrrole nitrogens is 1. The highest BCUT2D eigenvalue weighted by Crippen LogP contribution is 2.37. The normalized spacial score (nSPS) is 15.6. The van der Waals surface area contributed by atoms with Crippen LogP contribution in [-0.4, -0.2) is 59.8 Å². The molecular formula is C27H36N6O. The fourth-order valence-corrected chi connectivity index (χ4v) is 5.38. The molecule has 0 radical (unpaired) electrons. The SMILES string of the molecule is Cc1c(-c2[nH]c3ccc(CCC4CN(CC(C)(C)O)C4)nc3c2C(C)C)cn2ncnc2c1C. The van der Waals surface area contributed by atoms with Gasteiger partial charge in [0.1, 0.15) is 6.33 Å². The Morgan fingerprint density at radius 2 is 1.94 bits per heavy atom. The fraction of sp³-hybridized carbons (Fsp3) is 0.519. The van der Waals surface area contributed by atoms with Gasteiger partial charge in [0.15, 0.2) is 5.65 Å². The van der Waals surface area contributed by atoms with Crippen LogP contribution in [0.15, 0.2) is 24.7 Å². The molecule has 0 aliphatic carbocycles. The van der Waals surface area contributed by atoms with Crippen molar-refractivity contribution >= 4 is 16.7 Å². The molecule has 0 spiro atoms. The third-order valence-corrected chi connectivity index (χ3v) is 7.16. The Balaban J connectivity index is 1.42. The molecule has 1 aliphatic heterocycles. The van der Waals surface area contributed by atoms with E-state index in [4.69, 9.17) is 4.98 Å². The molecule has 0 atom stereocenters. The number of aliphatic hydroxyl groups is 1. The van der Waals surface area contributed by atoms with E-state index in [-0.39, 0.29) is 0 Å². The minimum Gasteiger partial charge on any atom is -0.389 e. The van der Waals surface area contributed by atoms with Gasteiger partial charge in [-0.25, -0.2) is 9.50 Å². The summed E-state index contributed by atoms with van der Waals surface area (Å²) in [6, 6.07) is 4.35. The molecule has 7 heteroatoms. The maximum Gasteiger partial charge on any atom is 0.158 e. The number of fused-ring (bicyclic) bond motifs is 2. The molecule has 5 heterocycles. The van der Waals surface area contributed by atoms with Crippen molar-refractivity contribution in [3.63, 3.8) is 0 Å². The Hall–Kier alpha value is -2.77. The standard InChI is InChI=1S/C27H36N6O/c1-16(2)23-24(21-13-33-26(28-15-29-33)18(4)17(21)3)31-22-10-9-20(30-25(22)23)8-7-19-11-32(12-19)14-27(5,6)34/h9-10,13,15-16,19,31,34H,7-8,11-12,14H2,1-6H3. The summed E-state index contributed by atoms with van der Waals surface area (Å²) in [6.07, 6.45) is 5.81. The van der Waals surface area contributed by atoms with E-state index >= 15 is 0 Å². The van der Waals surface area contributed by atoms with Gasteiger partial charge in [0.2, 0.25) is 0 Å². The summed E-state index contributed by atoms with van der Waals surface area (Å²) in [4.78, 5) is 15.6. The van der Waals surface area contributed by atoms with Gasteiger partial charge in [-0.2, -0.15) is 5.10 Å². The van der Waals surface area contributed by atoms with Gasteiger partial charge in [-0.3, -0.25) is 9.88 Å². The number of aromatic nitrogens is 5. The van der Waals surface area contributed by atoms with E-state index in [1.165, 1.54) is 11.1 Å². The zero-order chi connectivity index (χ0) is 24.2. The second kappa shape index (κ2) is 8.47. The lowest BCUT2D eigenvalue weighted by Gasteiger charge is -2.42. The number of rotatable bonds is 7. The first-order chi connectivity index (χ1) is 16.1. The van der Waals surface area contributed by atoms with Crippen molar-refractivity contribution in [1.29, 1.82) is 0 Å². The van der Waals surface area contributed by atoms with Crippen LogP contribution in [0.3, 0.4) is 0 Å². The highest BCUT2D eigenvalue weighted by molar-refractivity contribution is 5.89. The van der Waals surface area contributed by atoms with Crippen LogP contribution in [0.25, 0.3) is 27.9 Å². The van der Waals surface area contributed by atoms with E-state index in [2.05, 4.69) is 66.0 Å². The molecule has 0 amide bonds. The van der Waals surface area contributed by atoms with Gasteiger partial charge in [-0.15, -0.1) is 0 Å². The topological polar surface area (TPSA) is 82.3 Å². The summed E-state index contributed by atoms with van der Waals surface area (Å²) < 4.78 is 1.87. The van der Waals surface area contributed by atoms with Crippen molar-refractivity contribution in [2.45, 2.75) is 65.9 Å². The van der Waals surface area contributed by atoms with Crippen molar-refractivity contribution < 1.29 is 5.11 Å². The number of aryl methyl sites for hydroxylation is 2. The van der Waals surface area contributed by atoms with Crippen molar-refractivity contribution in [1.82, 2.24) is 29.5 Å². The van der Waals surface area contributed by atoms with Crippen LogP contribution in [0, 0.1) is 19.8 Å². The molecule has 0 saturated carbocycles. The first-order valence-corrected chi connectivity index (χ1v) is 12.4. The van der Waals surface area contributed by atoms with Crippen LogP contribution in [-0.2, 0) is 6.42 Å². The Morgan fingerprint density at radius 3 is 2.65 bits per heavy atom. The lowest BCUT2D eigenvalue weighted by Crippen LogP contribution is -2.52. The second-order valence-electron chi connectivity index (χ2n) is 11.0. The number of likely N-dealkylation sites (tertiary alicyclic amines) is 1. The zero-order valence-electron chi connectivity index (χ0n) is 21.2. The van der Waals surface area contributed by atoms with Crippen LogP contribution >= 0.6 is 0 Å². The summed E-state index contributed by atoms with van der Waals surface area (Å²) >= 11 is 0. The number of nitrogens with one attached hydrogen (secondary N) is 1. The van der Waals surface area contributed by atoms with Crippen LogP contribution in [0.5, 0.6) is 0 Å². The molecule has 2 N–H and O–H groups in total. The maximum absolute atomic E-state index is 10.0. The van der Waals surface area contributed by atoms with Crippen LogP contribution < -0.4 is 0 Å². The molecule has 1 fully saturated rings. The van der Waals surface area contributed by atoms with Gasteiger partial charge < -0.3 is 10.1 Å². The zero-order valence-corrected chi connectivity index (χ0v) is 21.2. The maximum atomic E-state index is 10.0. The monoisotopic (exact) mass is 460 g/mol. The highest BCUT2D eigenvalue weighted by Gasteiger charge is 2.30. The van der Waals surface area contributed by atoms with Crippen molar-refractivity contribution in [3.05, 3.63) is 47.0 Å². The van der Waals surface area contributed by atoms with Gasteiger partial charge in [-0.1, -0.05) is 13.8 Å². The lowest BCUT2D eigenvalue weighted by atomic mass is 9.92. The molecular weight excluding hydrogens is 424 g/mol. The molecule has 4 aromatic heterocycles. The Kier molecular flexibility index (Phi) is 5.73. The highest BCUT2D eigenvalue weighted by atomic mass is 16.3. The fourth-order valence-electron chi connectivity index (χ4n) is 5.38. The summed E-state index contributed by atoms with van der Waals surface area (Å²) in [6.45, 7) is 15.4. The predicted octanol–water partition coefficient (Wildman–Crippen LogP) is 4.65. The third-order valence-electron chi connectivity index (χ3n) is 7.16. The van der Waals surface area contributed by atoms with Gasteiger partial charge in [0, 0.05) is 42.7 Å². The smallest absolute Gasteiger partial charge is 0.158 e. The summed E-state index contributed by atoms with van der Waals surface area (Å²) in [5, 5.41) is 14.4. The number of β-amino-alcohol motifs (C(OH)–C–C–N with tert-alkyl or cyclic N) is 1. The Bertz CT molecular complexity index is 1340. The van der Waals surface area contributed by atoms with E-state index in [1.807, 2.05) is 18.4 Å². The van der Waals surface area contributed by atoms with Crippen molar-refractivity contribution in [2.24, 2.45) is 5.92 Å². The Morgan fingerprint density at radius 1 is 1.18 bits per heavy atom. The van der Waals surface area contributed by atoms with Crippen molar-refractivity contribution in [2.75, 3.05) is 19.6 Å². The van der Waals surface area contributed by atoms with E-state index < -0.39 is 5.60 Å². The summed E-state index contributed by atoms with van der Waals surface area (Å²) in [5.74, 6) is 1.02. The van der Waals surface area contributed by atoms with Gasteiger partial charge >= 0.3 is 0 Å². The number of pyridine rings is 2. The first kappa shape index (κ1) is 23.0. The molecule has 0 bridgehead atoms. The quantitative estimate of drug-likeness (QED) is 0.420. The molecule has 7 nitrogen and oxygen atoms in total. The summed E-state index contributed by atoms with van der Waals surface area (Å²) in [7, 11) is 0. The number of nitrogens with zero attached hydrogens (tertiary/aromatic N) is 5. The molecule has 5 rings (SSSR count). The molecule has 0 aromatic carbocycles. The third kappa shape index (κ3) is 4.23. The van der Waals surface area contributed by atoms with Gasteiger partial charge in [0.25, 0.3) is 0 Å². The predicted molar refractivity (Wildman–Crippen MR) is 136 cm³/mol. The average molecular weight is 461 g/mol. The number of hydrogen-bond acceptors (Lipinski definition) is 5. The van der Waals surface area contributed by atoms with E-state index in [0.717, 1.165) is 71.7 Å². The van der Waals surface area contributed by atoms with Gasteiger partial charge in [-0.05, 0) is 75.6 Å². The Labute approximate surface area is 201 Å². The lowest BCUT2D eigenvalue weighted by molar-refractivity contribution is -0.00927. The van der Waals surface area contributed by atoms with Crippen LogP contribution in [0.4, 0.5) is 0 Å². The molecule has 1 saturated heterocycles. The molecule has 1 aliphatic rings. The number of hydrogen-bond donors (Lipinski definition) is 2. The van der Waals surface area contributed by atoms with E-state index in [1.54, 1.807) is 6.33 Å². The first-order valence-electron chi connectivity index (χ1n) is 12.4. The van der Waals surface area contributed by atoms with Crippen LogP contribution in [0.2, 0.25) is 0 Å². The molecule has 4 aromatic rings. The minimum absolute atomic E-state index is 0.333. The number of aromatic amines is 1. The molecule has 34 heavy (non-hydrogen) atoms. The molecule has 180 valence electrons. The summed E-state index contributed by atoms with van der Waals surface area (Å²) in [5.41, 5.74) is 9.51. The second-order valence-corrected chi connectivity index (χ2v) is 11.0. The van der Waals surface area contributed by atoms with Crippen molar-refractivity contribution in [3.8, 4) is 11.3 Å². The minimum atomic E-state index is -0.619. The van der Waals surface area contributed by atoms with Gasteiger partial charge in [0.05, 0.1) is 22.3 Å². The average Bonchev–Trinajstić information content (AvgIpc) is 3.35. The van der Waals surface area contributed by atoms with E-state index in [0.29, 0.717) is 11.8 Å². The molecule has 0 unspecified atom stereocenters.